The van der Waals surface area contributed by atoms with Gasteiger partial charge < -0.3 is 4.57 Å². The lowest BCUT2D eigenvalue weighted by atomic mass is 10.1. The fraction of sp³-hybridized carbons (Fsp3) is 0.0455. The monoisotopic (exact) mass is 445 g/mol. The molecular formula is C22H14ClF2NO3S. The zero-order valence-electron chi connectivity index (χ0n) is 15.3. The Hall–Kier alpha value is -3.03. The summed E-state index contributed by atoms with van der Waals surface area (Å²) in [5.74, 6) is -2.36. The first-order chi connectivity index (χ1) is 14.3. The standard InChI is InChI=1S/C22H14ClF2NO3S/c23-15-7-4-8-16(9-15)30(28,29)21-13-26(12-14-5-2-1-3-6-14)20-11-19(25)18(24)10-17(20)22(21)27/h1-11,13H,12H2. The third kappa shape index (κ3) is 3.62. The average Bonchev–Trinajstić information content (AvgIpc) is 2.72. The van der Waals surface area contributed by atoms with E-state index in [0.29, 0.717) is 0 Å². The molecule has 8 heteroatoms. The Morgan fingerprint density at radius 1 is 0.900 bits per heavy atom. The molecule has 0 fully saturated rings. The summed E-state index contributed by atoms with van der Waals surface area (Å²) in [6.07, 6.45) is 1.16. The second-order valence-electron chi connectivity index (χ2n) is 6.68. The maximum absolute atomic E-state index is 13.9. The van der Waals surface area contributed by atoms with Crippen molar-refractivity contribution < 1.29 is 17.2 Å². The van der Waals surface area contributed by atoms with Gasteiger partial charge in [0, 0.05) is 23.8 Å². The molecule has 0 spiro atoms. The summed E-state index contributed by atoms with van der Waals surface area (Å²) in [5.41, 5.74) is -0.0285. The SMILES string of the molecule is O=c1c(S(=O)(=O)c2cccc(Cl)c2)cn(Cc2ccccc2)c2cc(F)c(F)cc12. The van der Waals surface area contributed by atoms with Gasteiger partial charge in [-0.3, -0.25) is 4.79 Å². The van der Waals surface area contributed by atoms with Crippen LogP contribution in [0.15, 0.2) is 87.5 Å². The number of pyridine rings is 1. The highest BCUT2D eigenvalue weighted by Gasteiger charge is 2.25. The zero-order valence-corrected chi connectivity index (χ0v) is 16.9. The van der Waals surface area contributed by atoms with Crippen LogP contribution in [0.5, 0.6) is 0 Å². The molecule has 0 aliphatic rings. The zero-order chi connectivity index (χ0) is 21.5. The average molecular weight is 446 g/mol. The summed E-state index contributed by atoms with van der Waals surface area (Å²) in [6.45, 7) is 0.154. The molecule has 30 heavy (non-hydrogen) atoms. The summed E-state index contributed by atoms with van der Waals surface area (Å²) in [4.78, 5) is 12.3. The summed E-state index contributed by atoms with van der Waals surface area (Å²) < 4.78 is 55.6. The van der Waals surface area contributed by atoms with Crippen LogP contribution in [-0.4, -0.2) is 13.0 Å². The molecule has 0 atom stereocenters. The Labute approximate surface area is 175 Å². The summed E-state index contributed by atoms with van der Waals surface area (Å²) in [6, 6.07) is 16.1. The number of sulfone groups is 1. The third-order valence-electron chi connectivity index (χ3n) is 4.68. The summed E-state index contributed by atoms with van der Waals surface area (Å²) in [5, 5.41) is -0.0393. The van der Waals surface area contributed by atoms with E-state index in [1.165, 1.54) is 28.8 Å². The van der Waals surface area contributed by atoms with Crippen molar-refractivity contribution >= 4 is 32.3 Å². The number of rotatable bonds is 4. The van der Waals surface area contributed by atoms with Gasteiger partial charge >= 0.3 is 0 Å². The van der Waals surface area contributed by atoms with Crippen LogP contribution in [0.25, 0.3) is 10.9 Å². The molecule has 0 radical (unpaired) electrons. The number of nitrogens with zero attached hydrogens (tertiary/aromatic N) is 1. The molecule has 1 heterocycles. The van der Waals surface area contributed by atoms with Crippen molar-refractivity contribution in [1.29, 1.82) is 0 Å². The Morgan fingerprint density at radius 3 is 2.30 bits per heavy atom. The van der Waals surface area contributed by atoms with Crippen molar-refractivity contribution in [2.45, 2.75) is 16.3 Å². The van der Waals surface area contributed by atoms with Gasteiger partial charge in [0.15, 0.2) is 11.6 Å². The van der Waals surface area contributed by atoms with E-state index in [1.54, 1.807) is 24.3 Å². The van der Waals surface area contributed by atoms with Crippen molar-refractivity contribution in [3.8, 4) is 0 Å². The number of halogens is 3. The van der Waals surface area contributed by atoms with Crippen LogP contribution in [0, 0.1) is 11.6 Å². The molecule has 0 amide bonds. The van der Waals surface area contributed by atoms with Gasteiger partial charge in [-0.1, -0.05) is 48.0 Å². The highest BCUT2D eigenvalue weighted by atomic mass is 35.5. The maximum Gasteiger partial charge on any atom is 0.211 e. The van der Waals surface area contributed by atoms with E-state index in [0.717, 1.165) is 23.9 Å². The molecular weight excluding hydrogens is 432 g/mol. The number of fused-ring (bicyclic) bond motifs is 1. The van der Waals surface area contributed by atoms with Crippen LogP contribution < -0.4 is 5.43 Å². The summed E-state index contributed by atoms with van der Waals surface area (Å²) >= 11 is 5.91. The van der Waals surface area contributed by atoms with E-state index in [4.69, 9.17) is 11.6 Å². The second-order valence-corrected chi connectivity index (χ2v) is 9.03. The minimum Gasteiger partial charge on any atom is -0.341 e. The molecule has 0 aliphatic heterocycles. The molecule has 0 N–H and O–H groups in total. The van der Waals surface area contributed by atoms with Crippen LogP contribution in [0.4, 0.5) is 8.78 Å². The normalized spacial score (nSPS) is 11.7. The Kier molecular flexibility index (Phi) is 5.17. The Morgan fingerprint density at radius 2 is 1.60 bits per heavy atom. The Balaban J connectivity index is 2.02. The van der Waals surface area contributed by atoms with Crippen molar-refractivity contribution in [3.05, 3.63) is 105 Å². The van der Waals surface area contributed by atoms with Gasteiger partial charge in [-0.05, 0) is 29.8 Å². The minimum atomic E-state index is -4.26. The molecule has 4 rings (SSSR count). The fourth-order valence-corrected chi connectivity index (χ4v) is 4.89. The van der Waals surface area contributed by atoms with Crippen LogP contribution in [0.3, 0.4) is 0 Å². The van der Waals surface area contributed by atoms with E-state index < -0.39 is 31.8 Å². The highest BCUT2D eigenvalue weighted by Crippen LogP contribution is 2.25. The Bertz CT molecular complexity index is 1430. The van der Waals surface area contributed by atoms with E-state index in [-0.39, 0.29) is 27.4 Å². The first kappa shape index (κ1) is 20.3. The first-order valence-corrected chi connectivity index (χ1v) is 10.7. The van der Waals surface area contributed by atoms with Crippen molar-refractivity contribution in [2.75, 3.05) is 0 Å². The van der Waals surface area contributed by atoms with Gasteiger partial charge in [0.1, 0.15) is 4.90 Å². The fourth-order valence-electron chi connectivity index (χ4n) is 3.22. The second kappa shape index (κ2) is 7.66. The van der Waals surface area contributed by atoms with Crippen LogP contribution in [0.1, 0.15) is 5.56 Å². The highest BCUT2D eigenvalue weighted by molar-refractivity contribution is 7.91. The van der Waals surface area contributed by atoms with Gasteiger partial charge in [-0.15, -0.1) is 0 Å². The predicted molar refractivity (Wildman–Crippen MR) is 111 cm³/mol. The quantitative estimate of drug-likeness (QED) is 0.453. The van der Waals surface area contributed by atoms with E-state index in [9.17, 15) is 22.0 Å². The van der Waals surface area contributed by atoms with Gasteiger partial charge in [0.05, 0.1) is 15.8 Å². The molecule has 0 unspecified atom stereocenters. The molecule has 0 saturated carbocycles. The number of hydrogen-bond donors (Lipinski definition) is 0. The molecule has 4 aromatic rings. The van der Waals surface area contributed by atoms with Crippen molar-refractivity contribution in [2.24, 2.45) is 0 Å². The van der Waals surface area contributed by atoms with E-state index in [1.807, 2.05) is 6.07 Å². The maximum atomic E-state index is 13.9. The van der Waals surface area contributed by atoms with Crippen LogP contribution in [-0.2, 0) is 16.4 Å². The van der Waals surface area contributed by atoms with E-state index >= 15 is 0 Å². The number of benzene rings is 3. The lowest BCUT2D eigenvalue weighted by Crippen LogP contribution is -2.20. The lowest BCUT2D eigenvalue weighted by molar-refractivity contribution is 0.510. The van der Waals surface area contributed by atoms with Crippen LogP contribution >= 0.6 is 11.6 Å². The van der Waals surface area contributed by atoms with Crippen molar-refractivity contribution in [1.82, 2.24) is 4.57 Å². The third-order valence-corrected chi connectivity index (χ3v) is 6.66. The lowest BCUT2D eigenvalue weighted by Gasteiger charge is -2.14. The van der Waals surface area contributed by atoms with Crippen molar-refractivity contribution in [3.63, 3.8) is 0 Å². The van der Waals surface area contributed by atoms with E-state index in [2.05, 4.69) is 0 Å². The molecule has 0 aliphatic carbocycles. The van der Waals surface area contributed by atoms with Gasteiger partial charge in [0.25, 0.3) is 0 Å². The molecule has 1 aromatic heterocycles. The smallest absolute Gasteiger partial charge is 0.211 e. The summed E-state index contributed by atoms with van der Waals surface area (Å²) in [7, 11) is -4.26. The van der Waals surface area contributed by atoms with Crippen LogP contribution in [0.2, 0.25) is 5.02 Å². The predicted octanol–water partition coefficient (Wildman–Crippen LogP) is 4.81. The molecule has 3 aromatic carbocycles. The first-order valence-electron chi connectivity index (χ1n) is 8.84. The molecule has 0 bridgehead atoms. The largest absolute Gasteiger partial charge is 0.341 e. The minimum absolute atomic E-state index is 0.0906. The topological polar surface area (TPSA) is 56.1 Å². The van der Waals surface area contributed by atoms with Gasteiger partial charge in [-0.2, -0.15) is 0 Å². The van der Waals surface area contributed by atoms with Gasteiger partial charge in [-0.25, -0.2) is 17.2 Å². The molecule has 0 saturated heterocycles. The molecule has 4 nitrogen and oxygen atoms in total. The number of hydrogen-bond acceptors (Lipinski definition) is 3. The van der Waals surface area contributed by atoms with Gasteiger partial charge in [0.2, 0.25) is 15.3 Å². The number of aromatic nitrogens is 1. The molecule has 152 valence electrons.